The maximum absolute atomic E-state index is 12.0. The predicted octanol–water partition coefficient (Wildman–Crippen LogP) is 2.74. The van der Waals surface area contributed by atoms with Crippen molar-refractivity contribution in [3.05, 3.63) is 36.4 Å². The molecular weight excluding hydrogens is 312 g/mol. The van der Waals surface area contributed by atoms with Crippen LogP contribution in [0.15, 0.2) is 35.9 Å². The van der Waals surface area contributed by atoms with Gasteiger partial charge in [0, 0.05) is 24.9 Å². The summed E-state index contributed by atoms with van der Waals surface area (Å²) in [5.74, 6) is -0.182. The minimum atomic E-state index is -0.238. The topological polar surface area (TPSA) is 69.9 Å². The highest BCUT2D eigenvalue weighted by atomic mass is 32.2. The van der Waals surface area contributed by atoms with E-state index in [9.17, 15) is 4.79 Å². The smallest absolute Gasteiger partial charge is 0.319 e. The van der Waals surface area contributed by atoms with Crippen molar-refractivity contribution in [1.82, 2.24) is 19.7 Å². The van der Waals surface area contributed by atoms with E-state index in [1.165, 1.54) is 11.8 Å². The van der Waals surface area contributed by atoms with E-state index < -0.39 is 0 Å². The number of ether oxygens (including phenoxy) is 1. The Bertz CT molecular complexity index is 603. The quantitative estimate of drug-likeness (QED) is 0.519. The Kier molecular flexibility index (Phi) is 7.06. The molecule has 0 aliphatic carbocycles. The average Bonchev–Trinajstić information content (AvgIpc) is 3.01. The Morgan fingerprint density at radius 3 is 2.96 bits per heavy atom. The second-order valence-corrected chi connectivity index (χ2v) is 6.20. The van der Waals surface area contributed by atoms with E-state index in [4.69, 9.17) is 4.74 Å². The van der Waals surface area contributed by atoms with Gasteiger partial charge in [-0.3, -0.25) is 9.78 Å². The molecule has 0 radical (unpaired) electrons. The minimum Gasteiger partial charge on any atom is -0.465 e. The highest BCUT2D eigenvalue weighted by Gasteiger charge is 2.22. The van der Waals surface area contributed by atoms with Gasteiger partial charge >= 0.3 is 5.97 Å². The van der Waals surface area contributed by atoms with Crippen LogP contribution in [0, 0.1) is 0 Å². The molecule has 0 fully saturated rings. The Morgan fingerprint density at radius 1 is 1.39 bits per heavy atom. The highest BCUT2D eigenvalue weighted by molar-refractivity contribution is 8.00. The molecule has 0 aliphatic rings. The van der Waals surface area contributed by atoms with E-state index in [0.29, 0.717) is 6.61 Å². The third-order valence-electron chi connectivity index (χ3n) is 3.26. The summed E-state index contributed by atoms with van der Waals surface area (Å²) in [5, 5.41) is 8.62. The van der Waals surface area contributed by atoms with Gasteiger partial charge in [-0.1, -0.05) is 31.2 Å². The van der Waals surface area contributed by atoms with Crippen LogP contribution in [0.2, 0.25) is 0 Å². The minimum absolute atomic E-state index is 0.182. The molecular formula is C16H22N4O2S. The lowest BCUT2D eigenvalue weighted by molar-refractivity contribution is -0.142. The van der Waals surface area contributed by atoms with Crippen molar-refractivity contribution in [3.8, 4) is 0 Å². The van der Waals surface area contributed by atoms with Crippen LogP contribution in [0.3, 0.4) is 0 Å². The molecule has 0 bridgehead atoms. The van der Waals surface area contributed by atoms with Crippen LogP contribution in [0.5, 0.6) is 0 Å². The van der Waals surface area contributed by atoms with E-state index in [2.05, 4.69) is 22.1 Å². The molecule has 2 aromatic heterocycles. The van der Waals surface area contributed by atoms with Crippen molar-refractivity contribution in [3.63, 3.8) is 0 Å². The molecule has 7 heteroatoms. The van der Waals surface area contributed by atoms with Gasteiger partial charge in [0.25, 0.3) is 0 Å². The molecule has 0 aliphatic heterocycles. The molecule has 0 saturated heterocycles. The normalized spacial score (nSPS) is 12.1. The maximum atomic E-state index is 12.0. The fraction of sp³-hybridized carbons (Fsp3) is 0.500. The van der Waals surface area contributed by atoms with Crippen molar-refractivity contribution >= 4 is 17.7 Å². The summed E-state index contributed by atoms with van der Waals surface area (Å²) in [7, 11) is 0. The first-order valence-electron chi connectivity index (χ1n) is 7.85. The van der Waals surface area contributed by atoms with Crippen LogP contribution in [0.4, 0.5) is 0 Å². The summed E-state index contributed by atoms with van der Waals surface area (Å²) in [6.45, 7) is 5.00. The van der Waals surface area contributed by atoms with Gasteiger partial charge in [0.2, 0.25) is 0 Å². The lowest BCUT2D eigenvalue weighted by atomic mass is 10.2. The van der Waals surface area contributed by atoms with Gasteiger partial charge in [-0.25, -0.2) is 0 Å². The Hall–Kier alpha value is -1.89. The van der Waals surface area contributed by atoms with Crippen LogP contribution in [0.25, 0.3) is 0 Å². The van der Waals surface area contributed by atoms with E-state index in [0.717, 1.165) is 36.7 Å². The van der Waals surface area contributed by atoms with Gasteiger partial charge in [0.15, 0.2) is 5.16 Å². The first kappa shape index (κ1) is 17.5. The SMILES string of the molecule is CCC[C@@H](Sc1nncn1CCc1ccccn1)C(=O)OCC. The largest absolute Gasteiger partial charge is 0.465 e. The lowest BCUT2D eigenvalue weighted by Crippen LogP contribution is -2.21. The Morgan fingerprint density at radius 2 is 2.26 bits per heavy atom. The average molecular weight is 334 g/mol. The van der Waals surface area contributed by atoms with E-state index >= 15 is 0 Å². The van der Waals surface area contributed by atoms with Gasteiger partial charge in [-0.15, -0.1) is 10.2 Å². The molecule has 0 saturated carbocycles. The van der Waals surface area contributed by atoms with Gasteiger partial charge < -0.3 is 9.30 Å². The van der Waals surface area contributed by atoms with Crippen LogP contribution >= 0.6 is 11.8 Å². The van der Waals surface area contributed by atoms with Crippen molar-refractivity contribution < 1.29 is 9.53 Å². The standard InChI is InChI=1S/C16H22N4O2S/c1-3-7-14(15(21)22-4-2)23-16-19-18-12-20(16)11-9-13-8-5-6-10-17-13/h5-6,8,10,12,14H,3-4,7,9,11H2,1-2H3/t14-/m1/s1. The third-order valence-corrected chi connectivity index (χ3v) is 4.50. The van der Waals surface area contributed by atoms with Crippen molar-refractivity contribution in [2.24, 2.45) is 0 Å². The van der Waals surface area contributed by atoms with Crippen molar-refractivity contribution in [2.75, 3.05) is 6.61 Å². The third kappa shape index (κ3) is 5.35. The molecule has 1 atom stereocenters. The second kappa shape index (κ2) is 9.29. The molecule has 23 heavy (non-hydrogen) atoms. The van der Waals surface area contributed by atoms with Crippen LogP contribution in [-0.2, 0) is 22.5 Å². The van der Waals surface area contributed by atoms with Crippen molar-refractivity contribution in [2.45, 2.75) is 50.1 Å². The Labute approximate surface area is 140 Å². The molecule has 2 heterocycles. The first-order chi connectivity index (χ1) is 11.2. The summed E-state index contributed by atoms with van der Waals surface area (Å²) in [5.41, 5.74) is 1.02. The Balaban J connectivity index is 1.99. The number of pyridine rings is 1. The number of carbonyl (C=O) groups excluding carboxylic acids is 1. The molecule has 0 unspecified atom stereocenters. The zero-order valence-electron chi connectivity index (χ0n) is 13.5. The van der Waals surface area contributed by atoms with Gasteiger partial charge in [0.05, 0.1) is 6.61 Å². The number of nitrogens with zero attached hydrogens (tertiary/aromatic N) is 4. The summed E-state index contributed by atoms with van der Waals surface area (Å²) in [4.78, 5) is 16.4. The number of hydrogen-bond donors (Lipinski definition) is 0. The predicted molar refractivity (Wildman–Crippen MR) is 89.1 cm³/mol. The monoisotopic (exact) mass is 334 g/mol. The highest BCUT2D eigenvalue weighted by Crippen LogP contribution is 2.25. The fourth-order valence-electron chi connectivity index (χ4n) is 2.12. The van der Waals surface area contributed by atoms with Gasteiger partial charge in [0.1, 0.15) is 11.6 Å². The first-order valence-corrected chi connectivity index (χ1v) is 8.73. The van der Waals surface area contributed by atoms with E-state index in [1.807, 2.05) is 29.7 Å². The summed E-state index contributed by atoms with van der Waals surface area (Å²) >= 11 is 1.42. The number of thioether (sulfide) groups is 1. The molecule has 0 amide bonds. The molecule has 0 spiro atoms. The molecule has 2 rings (SSSR count). The molecule has 0 aromatic carbocycles. The van der Waals surface area contributed by atoms with E-state index in [1.54, 1.807) is 12.5 Å². The number of rotatable bonds is 9. The zero-order chi connectivity index (χ0) is 16.5. The fourth-order valence-corrected chi connectivity index (χ4v) is 3.26. The molecule has 2 aromatic rings. The van der Waals surface area contributed by atoms with Crippen LogP contribution in [-0.4, -0.2) is 37.6 Å². The van der Waals surface area contributed by atoms with Gasteiger partial charge in [-0.2, -0.15) is 0 Å². The number of aromatic nitrogens is 4. The zero-order valence-corrected chi connectivity index (χ0v) is 14.3. The lowest BCUT2D eigenvalue weighted by Gasteiger charge is -2.14. The summed E-state index contributed by atoms with van der Waals surface area (Å²) < 4.78 is 7.11. The molecule has 0 N–H and O–H groups in total. The number of hydrogen-bond acceptors (Lipinski definition) is 6. The van der Waals surface area contributed by atoms with Gasteiger partial charge in [-0.05, 0) is 25.5 Å². The molecule has 124 valence electrons. The molecule has 6 nitrogen and oxygen atoms in total. The second-order valence-electron chi connectivity index (χ2n) is 5.03. The number of esters is 1. The van der Waals surface area contributed by atoms with Crippen LogP contribution in [0.1, 0.15) is 32.4 Å². The van der Waals surface area contributed by atoms with E-state index in [-0.39, 0.29) is 11.2 Å². The van der Waals surface area contributed by atoms with Crippen LogP contribution < -0.4 is 0 Å². The number of aryl methyl sites for hydroxylation is 2. The number of carbonyl (C=O) groups is 1. The van der Waals surface area contributed by atoms with Crippen molar-refractivity contribution in [1.29, 1.82) is 0 Å². The summed E-state index contributed by atoms with van der Waals surface area (Å²) in [6, 6.07) is 5.87. The summed E-state index contributed by atoms with van der Waals surface area (Å²) in [6.07, 6.45) is 5.95. The maximum Gasteiger partial charge on any atom is 0.319 e.